The van der Waals surface area contributed by atoms with Gasteiger partial charge in [-0.3, -0.25) is 4.68 Å². The number of aryl methyl sites for hydroxylation is 2. The van der Waals surface area contributed by atoms with Crippen LogP contribution in [0.5, 0.6) is 0 Å². The van der Waals surface area contributed by atoms with Gasteiger partial charge in [-0.05, 0) is 19.1 Å². The smallest absolute Gasteiger partial charge is 0.129 e. The van der Waals surface area contributed by atoms with Gasteiger partial charge in [-0.1, -0.05) is 29.3 Å². The van der Waals surface area contributed by atoms with Crippen LogP contribution in [0.3, 0.4) is 0 Å². The lowest BCUT2D eigenvalue weighted by Gasteiger charge is -2.15. The van der Waals surface area contributed by atoms with Crippen LogP contribution in [-0.4, -0.2) is 9.78 Å². The van der Waals surface area contributed by atoms with Gasteiger partial charge < -0.3 is 5.73 Å². The van der Waals surface area contributed by atoms with Gasteiger partial charge in [0.25, 0.3) is 0 Å². The Bertz CT molecular complexity index is 590. The first kappa shape index (κ1) is 14.3. The molecule has 1 aromatic carbocycles. The van der Waals surface area contributed by atoms with Crippen LogP contribution in [0.4, 0.5) is 4.39 Å². The van der Waals surface area contributed by atoms with Crippen molar-refractivity contribution in [2.24, 2.45) is 12.8 Å². The molecule has 2 N–H and O–H groups in total. The highest BCUT2D eigenvalue weighted by Crippen LogP contribution is 2.29. The molecule has 1 heterocycles. The van der Waals surface area contributed by atoms with Crippen molar-refractivity contribution in [3.8, 4) is 0 Å². The number of rotatable bonds is 3. The third kappa shape index (κ3) is 2.76. The molecule has 0 aliphatic rings. The van der Waals surface area contributed by atoms with Crippen LogP contribution in [0.15, 0.2) is 18.2 Å². The van der Waals surface area contributed by atoms with Crippen molar-refractivity contribution in [2.45, 2.75) is 19.4 Å². The number of aromatic nitrogens is 2. The molecule has 102 valence electrons. The molecule has 1 unspecified atom stereocenters. The first-order valence-electron chi connectivity index (χ1n) is 5.79. The summed E-state index contributed by atoms with van der Waals surface area (Å²) in [5, 5.41) is 5.09. The Balaban J connectivity index is 2.33. The largest absolute Gasteiger partial charge is 0.323 e. The van der Waals surface area contributed by atoms with Gasteiger partial charge >= 0.3 is 0 Å². The van der Waals surface area contributed by atoms with E-state index in [1.807, 2.05) is 6.92 Å². The fraction of sp³-hybridized carbons (Fsp3) is 0.308. The first-order valence-corrected chi connectivity index (χ1v) is 6.55. The quantitative estimate of drug-likeness (QED) is 0.944. The van der Waals surface area contributed by atoms with Crippen LogP contribution in [0, 0.1) is 12.7 Å². The van der Waals surface area contributed by atoms with Crippen molar-refractivity contribution < 1.29 is 4.39 Å². The van der Waals surface area contributed by atoms with Gasteiger partial charge in [0.05, 0.1) is 16.4 Å². The van der Waals surface area contributed by atoms with Crippen molar-refractivity contribution in [3.63, 3.8) is 0 Å². The molecule has 0 amide bonds. The average molecular weight is 302 g/mol. The number of nitrogens with zero attached hydrogens (tertiary/aromatic N) is 2. The lowest BCUT2D eigenvalue weighted by molar-refractivity contribution is 0.569. The third-order valence-corrected chi connectivity index (χ3v) is 3.87. The lowest BCUT2D eigenvalue weighted by Crippen LogP contribution is -2.17. The predicted molar refractivity (Wildman–Crippen MR) is 75.0 cm³/mol. The van der Waals surface area contributed by atoms with Crippen molar-refractivity contribution in [1.29, 1.82) is 0 Å². The number of halogens is 3. The summed E-state index contributed by atoms with van der Waals surface area (Å²) in [5.41, 5.74) is 7.85. The van der Waals surface area contributed by atoms with Crippen LogP contribution in [-0.2, 0) is 13.5 Å². The molecule has 0 fully saturated rings. The van der Waals surface area contributed by atoms with Gasteiger partial charge in [-0.15, -0.1) is 0 Å². The molecule has 19 heavy (non-hydrogen) atoms. The Morgan fingerprint density at radius 2 is 2.11 bits per heavy atom. The zero-order chi connectivity index (χ0) is 14.2. The van der Waals surface area contributed by atoms with Crippen LogP contribution >= 0.6 is 23.2 Å². The number of hydrogen-bond acceptors (Lipinski definition) is 2. The number of benzene rings is 1. The van der Waals surface area contributed by atoms with E-state index in [2.05, 4.69) is 5.10 Å². The minimum atomic E-state index is -0.569. The van der Waals surface area contributed by atoms with Gasteiger partial charge in [0, 0.05) is 30.1 Å². The standard InChI is InChI=1S/C13H14Cl2FN3/c1-7-13(15)11(19(2)18-7)6-10(17)12-8(14)4-3-5-9(12)16/h3-5,10H,6,17H2,1-2H3. The summed E-state index contributed by atoms with van der Waals surface area (Å²) in [4.78, 5) is 0. The van der Waals surface area contributed by atoms with Crippen molar-refractivity contribution in [2.75, 3.05) is 0 Å². The van der Waals surface area contributed by atoms with E-state index in [-0.39, 0.29) is 0 Å². The Hall–Kier alpha value is -1.10. The second-order valence-electron chi connectivity index (χ2n) is 4.42. The third-order valence-electron chi connectivity index (χ3n) is 3.05. The Labute approximate surface area is 121 Å². The summed E-state index contributed by atoms with van der Waals surface area (Å²) in [6, 6.07) is 3.95. The maximum Gasteiger partial charge on any atom is 0.129 e. The highest BCUT2D eigenvalue weighted by atomic mass is 35.5. The average Bonchev–Trinajstić information content (AvgIpc) is 2.56. The summed E-state index contributed by atoms with van der Waals surface area (Å²) >= 11 is 12.2. The van der Waals surface area contributed by atoms with Gasteiger partial charge in [0.2, 0.25) is 0 Å². The molecular formula is C13H14Cl2FN3. The highest BCUT2D eigenvalue weighted by molar-refractivity contribution is 6.32. The summed E-state index contributed by atoms with van der Waals surface area (Å²) < 4.78 is 15.4. The van der Waals surface area contributed by atoms with Gasteiger partial charge in [0.15, 0.2) is 0 Å². The van der Waals surface area contributed by atoms with Crippen LogP contribution in [0.1, 0.15) is 23.0 Å². The van der Waals surface area contributed by atoms with E-state index in [9.17, 15) is 4.39 Å². The molecule has 0 radical (unpaired) electrons. The highest BCUT2D eigenvalue weighted by Gasteiger charge is 2.20. The van der Waals surface area contributed by atoms with E-state index in [0.717, 1.165) is 11.4 Å². The van der Waals surface area contributed by atoms with Gasteiger partial charge in [-0.25, -0.2) is 4.39 Å². The van der Waals surface area contributed by atoms with Crippen molar-refractivity contribution in [3.05, 3.63) is 51.0 Å². The zero-order valence-corrected chi connectivity index (χ0v) is 12.1. The summed E-state index contributed by atoms with van der Waals surface area (Å²) in [7, 11) is 1.78. The van der Waals surface area contributed by atoms with Crippen LogP contribution < -0.4 is 5.73 Å². The minimum Gasteiger partial charge on any atom is -0.323 e. The predicted octanol–water partition coefficient (Wildman–Crippen LogP) is 3.42. The van der Waals surface area contributed by atoms with Crippen molar-refractivity contribution in [1.82, 2.24) is 9.78 Å². The molecule has 0 aliphatic carbocycles. The van der Waals surface area contributed by atoms with Crippen LogP contribution in [0.25, 0.3) is 0 Å². The maximum absolute atomic E-state index is 13.8. The molecule has 0 bridgehead atoms. The Kier molecular flexibility index (Phi) is 4.13. The summed E-state index contributed by atoms with van der Waals surface area (Å²) in [5.74, 6) is -0.407. The van der Waals surface area contributed by atoms with Crippen LogP contribution in [0.2, 0.25) is 10.0 Å². The lowest BCUT2D eigenvalue weighted by atomic mass is 10.0. The maximum atomic E-state index is 13.8. The fourth-order valence-corrected chi connectivity index (χ4v) is 2.62. The first-order chi connectivity index (χ1) is 8.91. The normalized spacial score (nSPS) is 12.7. The molecule has 1 aromatic heterocycles. The molecule has 1 atom stereocenters. The number of nitrogens with two attached hydrogens (primary N) is 1. The van der Waals surface area contributed by atoms with E-state index < -0.39 is 11.9 Å². The van der Waals surface area contributed by atoms with Gasteiger partial charge in [0.1, 0.15) is 5.82 Å². The molecule has 2 rings (SSSR count). The number of hydrogen-bond donors (Lipinski definition) is 1. The fourth-order valence-electron chi connectivity index (χ4n) is 2.08. The second-order valence-corrected chi connectivity index (χ2v) is 5.20. The van der Waals surface area contributed by atoms with E-state index in [1.54, 1.807) is 23.9 Å². The molecule has 0 saturated carbocycles. The molecule has 6 heteroatoms. The Morgan fingerprint density at radius 1 is 1.42 bits per heavy atom. The SMILES string of the molecule is Cc1nn(C)c(CC(N)c2c(F)cccc2Cl)c1Cl. The van der Waals surface area contributed by atoms with Crippen molar-refractivity contribution >= 4 is 23.2 Å². The Morgan fingerprint density at radius 3 is 2.63 bits per heavy atom. The van der Waals surface area contributed by atoms with E-state index in [4.69, 9.17) is 28.9 Å². The molecule has 0 aliphatic heterocycles. The van der Waals surface area contributed by atoms with E-state index in [1.165, 1.54) is 6.07 Å². The topological polar surface area (TPSA) is 43.8 Å². The zero-order valence-electron chi connectivity index (χ0n) is 10.6. The van der Waals surface area contributed by atoms with E-state index >= 15 is 0 Å². The second kappa shape index (κ2) is 5.49. The molecule has 0 saturated heterocycles. The molecule has 0 spiro atoms. The van der Waals surface area contributed by atoms with Gasteiger partial charge in [-0.2, -0.15) is 5.10 Å². The van der Waals surface area contributed by atoms with E-state index in [0.29, 0.717) is 22.0 Å². The monoisotopic (exact) mass is 301 g/mol. The molecule has 3 nitrogen and oxygen atoms in total. The molecule has 2 aromatic rings. The summed E-state index contributed by atoms with van der Waals surface area (Å²) in [6.07, 6.45) is 0.372. The minimum absolute atomic E-state index is 0.305. The summed E-state index contributed by atoms with van der Waals surface area (Å²) in [6.45, 7) is 1.81. The molecular weight excluding hydrogens is 288 g/mol.